The SMILES string of the molecule is Nc1ccc(C(=O)O)cc1NC1CCC(=O)NC1=O. The average molecular weight is 263 g/mol. The quantitative estimate of drug-likeness (QED) is 0.456. The van der Waals surface area contributed by atoms with E-state index in [1.54, 1.807) is 0 Å². The lowest BCUT2D eigenvalue weighted by atomic mass is 10.0. The Morgan fingerprint density at radius 1 is 1.42 bits per heavy atom. The van der Waals surface area contributed by atoms with Crippen molar-refractivity contribution in [2.24, 2.45) is 0 Å². The van der Waals surface area contributed by atoms with Gasteiger partial charge in [0.05, 0.1) is 16.9 Å². The van der Waals surface area contributed by atoms with Gasteiger partial charge >= 0.3 is 5.97 Å². The third-order valence-electron chi connectivity index (χ3n) is 2.87. The smallest absolute Gasteiger partial charge is 0.335 e. The minimum Gasteiger partial charge on any atom is -0.478 e. The molecule has 0 aromatic heterocycles. The first kappa shape index (κ1) is 12.9. The number of carbonyl (C=O) groups excluding carboxylic acids is 2. The van der Waals surface area contributed by atoms with E-state index in [9.17, 15) is 14.4 Å². The molecular formula is C12H13N3O4. The van der Waals surface area contributed by atoms with Crippen molar-refractivity contribution in [2.75, 3.05) is 11.1 Å². The third-order valence-corrected chi connectivity index (χ3v) is 2.87. The molecule has 5 N–H and O–H groups in total. The summed E-state index contributed by atoms with van der Waals surface area (Å²) in [6.45, 7) is 0. The maximum absolute atomic E-state index is 11.6. The van der Waals surface area contributed by atoms with Gasteiger partial charge in [-0.1, -0.05) is 0 Å². The van der Waals surface area contributed by atoms with Crippen LogP contribution in [0.4, 0.5) is 11.4 Å². The van der Waals surface area contributed by atoms with E-state index in [0.29, 0.717) is 17.8 Å². The van der Waals surface area contributed by atoms with E-state index < -0.39 is 17.9 Å². The minimum atomic E-state index is -1.08. The highest BCUT2D eigenvalue weighted by molar-refractivity contribution is 6.02. The average Bonchev–Trinajstić information content (AvgIpc) is 2.34. The molecule has 0 spiro atoms. The third kappa shape index (κ3) is 2.82. The van der Waals surface area contributed by atoms with Gasteiger partial charge in [0.2, 0.25) is 11.8 Å². The van der Waals surface area contributed by atoms with Crippen LogP contribution in [0.1, 0.15) is 23.2 Å². The number of hydrogen-bond donors (Lipinski definition) is 4. The predicted molar refractivity (Wildman–Crippen MR) is 67.6 cm³/mol. The first-order valence-corrected chi connectivity index (χ1v) is 5.70. The van der Waals surface area contributed by atoms with E-state index in [1.165, 1.54) is 18.2 Å². The lowest BCUT2D eigenvalue weighted by Crippen LogP contribution is -2.47. The number of rotatable bonds is 3. The number of carbonyl (C=O) groups is 3. The topological polar surface area (TPSA) is 122 Å². The number of nitrogens with one attached hydrogen (secondary N) is 2. The molecule has 0 bridgehead atoms. The Kier molecular flexibility index (Phi) is 3.37. The van der Waals surface area contributed by atoms with E-state index in [2.05, 4.69) is 10.6 Å². The Hall–Kier alpha value is -2.57. The normalized spacial score (nSPS) is 18.8. The zero-order chi connectivity index (χ0) is 14.0. The van der Waals surface area contributed by atoms with Crippen LogP contribution < -0.4 is 16.4 Å². The summed E-state index contributed by atoms with van der Waals surface area (Å²) in [6.07, 6.45) is 0.587. The van der Waals surface area contributed by atoms with Gasteiger partial charge in [-0.2, -0.15) is 0 Å². The molecule has 7 nitrogen and oxygen atoms in total. The lowest BCUT2D eigenvalue weighted by Gasteiger charge is -2.23. The summed E-state index contributed by atoms with van der Waals surface area (Å²) >= 11 is 0. The number of imide groups is 1. The second-order valence-electron chi connectivity index (χ2n) is 4.26. The van der Waals surface area contributed by atoms with Crippen LogP contribution in [0.15, 0.2) is 18.2 Å². The van der Waals surface area contributed by atoms with E-state index >= 15 is 0 Å². The summed E-state index contributed by atoms with van der Waals surface area (Å²) in [6, 6.07) is 3.61. The van der Waals surface area contributed by atoms with Crippen molar-refractivity contribution < 1.29 is 19.5 Å². The number of benzene rings is 1. The standard InChI is InChI=1S/C12H13N3O4/c13-7-2-1-6(12(18)19)5-9(7)14-8-3-4-10(16)15-11(8)17/h1-2,5,8,14H,3-4,13H2,(H,18,19)(H,15,16,17). The lowest BCUT2D eigenvalue weighted by molar-refractivity contribution is -0.133. The number of carboxylic acid groups (broad SMARTS) is 1. The highest BCUT2D eigenvalue weighted by Gasteiger charge is 2.26. The highest BCUT2D eigenvalue weighted by Crippen LogP contribution is 2.22. The minimum absolute atomic E-state index is 0.0731. The van der Waals surface area contributed by atoms with Gasteiger partial charge in [0.25, 0.3) is 0 Å². The fourth-order valence-electron chi connectivity index (χ4n) is 1.83. The summed E-state index contributed by atoms with van der Waals surface area (Å²) in [5.41, 5.74) is 6.51. The van der Waals surface area contributed by atoms with Crippen molar-refractivity contribution in [3.05, 3.63) is 23.8 Å². The molecule has 0 radical (unpaired) electrons. The molecule has 1 saturated heterocycles. The molecule has 1 heterocycles. The van der Waals surface area contributed by atoms with Crippen molar-refractivity contribution in [1.82, 2.24) is 5.32 Å². The van der Waals surface area contributed by atoms with Gasteiger partial charge in [-0.15, -0.1) is 0 Å². The molecule has 7 heteroatoms. The van der Waals surface area contributed by atoms with Gasteiger partial charge in [0, 0.05) is 6.42 Å². The molecular weight excluding hydrogens is 250 g/mol. The number of nitrogens with two attached hydrogens (primary N) is 1. The largest absolute Gasteiger partial charge is 0.478 e. The Balaban J connectivity index is 2.18. The van der Waals surface area contributed by atoms with Crippen molar-refractivity contribution in [2.45, 2.75) is 18.9 Å². The number of carboxylic acids is 1. The van der Waals surface area contributed by atoms with Crippen LogP contribution in [-0.2, 0) is 9.59 Å². The van der Waals surface area contributed by atoms with Crippen LogP contribution in [0.2, 0.25) is 0 Å². The molecule has 1 aliphatic heterocycles. The van der Waals surface area contributed by atoms with Gasteiger partial charge in [0.15, 0.2) is 0 Å². The van der Waals surface area contributed by atoms with Crippen LogP contribution in [0.25, 0.3) is 0 Å². The summed E-state index contributed by atoms with van der Waals surface area (Å²) in [5.74, 6) is -1.82. The number of hydrogen-bond acceptors (Lipinski definition) is 5. The zero-order valence-corrected chi connectivity index (χ0v) is 9.97. The molecule has 19 heavy (non-hydrogen) atoms. The number of amides is 2. The van der Waals surface area contributed by atoms with Crippen LogP contribution in [0.5, 0.6) is 0 Å². The van der Waals surface area contributed by atoms with E-state index in [0.717, 1.165) is 0 Å². The number of anilines is 2. The summed E-state index contributed by atoms with van der Waals surface area (Å²) in [7, 11) is 0. The van der Waals surface area contributed by atoms with Crippen molar-refractivity contribution in [3.63, 3.8) is 0 Å². The van der Waals surface area contributed by atoms with E-state index in [-0.39, 0.29) is 17.9 Å². The summed E-state index contributed by atoms with van der Waals surface area (Å²) in [4.78, 5) is 33.5. The molecule has 1 aliphatic rings. The van der Waals surface area contributed by atoms with Gasteiger partial charge in [-0.25, -0.2) is 4.79 Å². The van der Waals surface area contributed by atoms with Crippen molar-refractivity contribution in [1.29, 1.82) is 0 Å². The van der Waals surface area contributed by atoms with E-state index in [4.69, 9.17) is 10.8 Å². The van der Waals surface area contributed by atoms with Crippen LogP contribution >= 0.6 is 0 Å². The second kappa shape index (κ2) is 4.97. The molecule has 1 fully saturated rings. The monoisotopic (exact) mass is 263 g/mol. The van der Waals surface area contributed by atoms with Gasteiger partial charge in [-0.05, 0) is 24.6 Å². The fourth-order valence-corrected chi connectivity index (χ4v) is 1.83. The molecule has 0 aliphatic carbocycles. The fraction of sp³-hybridized carbons (Fsp3) is 0.250. The molecule has 1 aromatic rings. The van der Waals surface area contributed by atoms with Gasteiger partial charge in [0.1, 0.15) is 6.04 Å². The Labute approximate surface area is 108 Å². The van der Waals surface area contributed by atoms with Crippen molar-refractivity contribution >= 4 is 29.2 Å². The number of piperidine rings is 1. The van der Waals surface area contributed by atoms with Gasteiger partial charge < -0.3 is 16.2 Å². The first-order chi connectivity index (χ1) is 8.97. The zero-order valence-electron chi connectivity index (χ0n) is 9.97. The number of nitrogen functional groups attached to an aromatic ring is 1. The molecule has 2 amide bonds. The molecule has 1 aromatic carbocycles. The molecule has 0 saturated carbocycles. The Bertz CT molecular complexity index is 556. The van der Waals surface area contributed by atoms with Crippen LogP contribution in [0.3, 0.4) is 0 Å². The summed E-state index contributed by atoms with van der Waals surface area (Å²) in [5, 5.41) is 14.0. The maximum Gasteiger partial charge on any atom is 0.335 e. The van der Waals surface area contributed by atoms with Crippen LogP contribution in [-0.4, -0.2) is 28.9 Å². The van der Waals surface area contributed by atoms with Gasteiger partial charge in [-0.3, -0.25) is 14.9 Å². The molecule has 1 unspecified atom stereocenters. The number of aromatic carboxylic acids is 1. The Morgan fingerprint density at radius 3 is 2.79 bits per heavy atom. The molecule has 2 rings (SSSR count). The second-order valence-corrected chi connectivity index (χ2v) is 4.26. The van der Waals surface area contributed by atoms with Crippen molar-refractivity contribution in [3.8, 4) is 0 Å². The molecule has 100 valence electrons. The summed E-state index contributed by atoms with van der Waals surface area (Å²) < 4.78 is 0. The van der Waals surface area contributed by atoms with Crippen LogP contribution in [0, 0.1) is 0 Å². The predicted octanol–water partition coefficient (Wildman–Crippen LogP) is 0.184. The molecule has 1 atom stereocenters. The Morgan fingerprint density at radius 2 is 2.16 bits per heavy atom. The highest BCUT2D eigenvalue weighted by atomic mass is 16.4. The van der Waals surface area contributed by atoms with E-state index in [1.807, 2.05) is 0 Å². The first-order valence-electron chi connectivity index (χ1n) is 5.70. The maximum atomic E-state index is 11.6.